The average Bonchev–Trinajstić information content (AvgIpc) is 2.12. The number of rotatable bonds is 4. The highest BCUT2D eigenvalue weighted by Gasteiger charge is 2.28. The molecule has 0 aliphatic heterocycles. The van der Waals surface area contributed by atoms with E-state index >= 15 is 0 Å². The van der Waals surface area contributed by atoms with Gasteiger partial charge in [-0.2, -0.15) is 0 Å². The first-order valence-corrected chi connectivity index (χ1v) is 5.72. The third kappa shape index (κ3) is 3.66. The zero-order valence-corrected chi connectivity index (χ0v) is 9.11. The zero-order valence-electron chi connectivity index (χ0n) is 9.11. The molecule has 13 heavy (non-hydrogen) atoms. The van der Waals surface area contributed by atoms with Crippen LogP contribution in [0.4, 0.5) is 4.39 Å². The predicted molar refractivity (Wildman–Crippen MR) is 55.6 cm³/mol. The fraction of sp³-hybridized carbons (Fsp3) is 1.00. The molecule has 0 aromatic carbocycles. The molecule has 0 aromatic heterocycles. The van der Waals surface area contributed by atoms with Gasteiger partial charge in [-0.15, -0.1) is 0 Å². The zero-order chi connectivity index (χ0) is 9.73. The van der Waals surface area contributed by atoms with Crippen LogP contribution < -0.4 is 0 Å². The molecule has 1 rings (SSSR count). The monoisotopic (exact) mass is 186 g/mol. The first-order valence-electron chi connectivity index (χ1n) is 5.72. The maximum Gasteiger partial charge on any atom is 0.0894 e. The number of unbranched alkanes of at least 4 members (excludes halogenated alkanes) is 1. The lowest BCUT2D eigenvalue weighted by atomic mass is 9.70. The summed E-state index contributed by atoms with van der Waals surface area (Å²) in [6.07, 6.45) is 8.58. The molecule has 0 heterocycles. The molecule has 0 amide bonds. The molecule has 1 aliphatic rings. The van der Waals surface area contributed by atoms with E-state index in [0.717, 1.165) is 18.8 Å². The Bertz CT molecular complexity index is 134. The Balaban J connectivity index is 2.22. The maximum absolute atomic E-state index is 11.9. The van der Waals surface area contributed by atoms with Crippen molar-refractivity contribution >= 4 is 0 Å². The Hall–Kier alpha value is -0.0700. The van der Waals surface area contributed by atoms with Gasteiger partial charge in [-0.05, 0) is 37.0 Å². The van der Waals surface area contributed by atoms with Crippen molar-refractivity contribution in [2.45, 2.75) is 58.8 Å². The lowest BCUT2D eigenvalue weighted by Crippen LogP contribution is -2.23. The van der Waals surface area contributed by atoms with E-state index in [-0.39, 0.29) is 6.67 Å². The summed E-state index contributed by atoms with van der Waals surface area (Å²) in [5.41, 5.74) is 0.543. The van der Waals surface area contributed by atoms with Crippen LogP contribution in [0.15, 0.2) is 0 Å². The fourth-order valence-corrected chi connectivity index (χ4v) is 2.36. The lowest BCUT2D eigenvalue weighted by molar-refractivity contribution is 0.159. The summed E-state index contributed by atoms with van der Waals surface area (Å²) in [5.74, 6) is 0.925. The number of hydrogen-bond donors (Lipinski definition) is 0. The maximum atomic E-state index is 11.9. The first kappa shape index (κ1) is 11.0. The number of hydrogen-bond acceptors (Lipinski definition) is 0. The standard InChI is InChI=1S/C12H23F/c1-11-5-8-12(2,9-6-11)7-3-4-10-13/h11H,3-10H2,1-2H3. The highest BCUT2D eigenvalue weighted by Crippen LogP contribution is 2.41. The van der Waals surface area contributed by atoms with Crippen LogP contribution in [0.3, 0.4) is 0 Å². The van der Waals surface area contributed by atoms with Gasteiger partial charge >= 0.3 is 0 Å². The highest BCUT2D eigenvalue weighted by molar-refractivity contribution is 4.80. The van der Waals surface area contributed by atoms with Crippen LogP contribution in [0.25, 0.3) is 0 Å². The van der Waals surface area contributed by atoms with Crippen molar-refractivity contribution in [2.24, 2.45) is 11.3 Å². The molecule has 78 valence electrons. The minimum absolute atomic E-state index is 0.132. The van der Waals surface area contributed by atoms with E-state index in [2.05, 4.69) is 13.8 Å². The van der Waals surface area contributed by atoms with Crippen molar-refractivity contribution < 1.29 is 4.39 Å². The summed E-state index contributed by atoms with van der Waals surface area (Å²) in [4.78, 5) is 0. The van der Waals surface area contributed by atoms with Crippen molar-refractivity contribution in [3.05, 3.63) is 0 Å². The molecule has 1 saturated carbocycles. The lowest BCUT2D eigenvalue weighted by Gasteiger charge is -2.36. The SMILES string of the molecule is CC1CCC(C)(CCCCF)CC1. The van der Waals surface area contributed by atoms with Crippen LogP contribution in [-0.4, -0.2) is 6.67 Å². The van der Waals surface area contributed by atoms with Gasteiger partial charge in [0.2, 0.25) is 0 Å². The van der Waals surface area contributed by atoms with E-state index in [1.54, 1.807) is 0 Å². The summed E-state index contributed by atoms with van der Waals surface area (Å²) in [6, 6.07) is 0. The van der Waals surface area contributed by atoms with Crippen LogP contribution in [-0.2, 0) is 0 Å². The Morgan fingerprint density at radius 1 is 1.23 bits per heavy atom. The van der Waals surface area contributed by atoms with Gasteiger partial charge in [0.05, 0.1) is 6.67 Å². The van der Waals surface area contributed by atoms with Gasteiger partial charge in [0, 0.05) is 0 Å². The molecule has 0 N–H and O–H groups in total. The molecule has 0 aromatic rings. The number of halogens is 1. The predicted octanol–water partition coefficient (Wildman–Crippen LogP) is 4.34. The summed E-state index contributed by atoms with van der Waals surface area (Å²) in [7, 11) is 0. The topological polar surface area (TPSA) is 0 Å². The second-order valence-electron chi connectivity index (χ2n) is 5.14. The summed E-state index contributed by atoms with van der Waals surface area (Å²) < 4.78 is 11.9. The van der Waals surface area contributed by atoms with Crippen LogP contribution in [0, 0.1) is 11.3 Å². The fourth-order valence-electron chi connectivity index (χ4n) is 2.36. The quantitative estimate of drug-likeness (QED) is 0.573. The van der Waals surface area contributed by atoms with E-state index in [1.807, 2.05) is 0 Å². The summed E-state index contributed by atoms with van der Waals surface area (Å²) in [5, 5.41) is 0. The molecule has 0 bridgehead atoms. The molecule has 0 radical (unpaired) electrons. The Morgan fingerprint density at radius 2 is 1.85 bits per heavy atom. The normalized spacial score (nSPS) is 34.8. The third-order valence-electron chi connectivity index (χ3n) is 3.65. The van der Waals surface area contributed by atoms with Crippen molar-refractivity contribution in [3.63, 3.8) is 0 Å². The average molecular weight is 186 g/mol. The molecular weight excluding hydrogens is 163 g/mol. The van der Waals surface area contributed by atoms with Gasteiger partial charge in [0.15, 0.2) is 0 Å². The van der Waals surface area contributed by atoms with Gasteiger partial charge in [-0.1, -0.05) is 33.1 Å². The van der Waals surface area contributed by atoms with Crippen molar-refractivity contribution in [3.8, 4) is 0 Å². The smallest absolute Gasteiger partial charge is 0.0894 e. The van der Waals surface area contributed by atoms with Gasteiger partial charge < -0.3 is 0 Å². The second kappa shape index (κ2) is 4.97. The first-order chi connectivity index (χ1) is 6.16. The minimum atomic E-state index is -0.132. The summed E-state index contributed by atoms with van der Waals surface area (Å²) >= 11 is 0. The van der Waals surface area contributed by atoms with Gasteiger partial charge in [0.1, 0.15) is 0 Å². The van der Waals surface area contributed by atoms with Crippen molar-refractivity contribution in [2.75, 3.05) is 6.67 Å². The van der Waals surface area contributed by atoms with Gasteiger partial charge in [-0.3, -0.25) is 4.39 Å². The molecule has 0 spiro atoms. The Labute approximate surface area is 81.9 Å². The molecule has 1 fully saturated rings. The second-order valence-corrected chi connectivity index (χ2v) is 5.14. The van der Waals surface area contributed by atoms with Crippen molar-refractivity contribution in [1.29, 1.82) is 0 Å². The molecule has 0 saturated heterocycles. The molecule has 1 heteroatoms. The molecule has 0 unspecified atom stereocenters. The van der Waals surface area contributed by atoms with Crippen molar-refractivity contribution in [1.82, 2.24) is 0 Å². The minimum Gasteiger partial charge on any atom is -0.251 e. The molecular formula is C12H23F. The van der Waals surface area contributed by atoms with E-state index in [0.29, 0.717) is 5.41 Å². The highest BCUT2D eigenvalue weighted by atomic mass is 19.1. The summed E-state index contributed by atoms with van der Waals surface area (Å²) in [6.45, 7) is 4.60. The number of alkyl halides is 1. The van der Waals surface area contributed by atoms with E-state index in [4.69, 9.17) is 0 Å². The molecule has 0 nitrogen and oxygen atoms in total. The van der Waals surface area contributed by atoms with Gasteiger partial charge in [0.25, 0.3) is 0 Å². The van der Waals surface area contributed by atoms with E-state index < -0.39 is 0 Å². The van der Waals surface area contributed by atoms with Crippen LogP contribution >= 0.6 is 0 Å². The van der Waals surface area contributed by atoms with E-state index in [1.165, 1.54) is 32.1 Å². The molecule has 0 atom stereocenters. The largest absolute Gasteiger partial charge is 0.251 e. The third-order valence-corrected chi connectivity index (χ3v) is 3.65. The Morgan fingerprint density at radius 3 is 2.38 bits per heavy atom. The van der Waals surface area contributed by atoms with E-state index in [9.17, 15) is 4.39 Å². The van der Waals surface area contributed by atoms with Crippen LogP contribution in [0.5, 0.6) is 0 Å². The van der Waals surface area contributed by atoms with Gasteiger partial charge in [-0.25, -0.2) is 0 Å². The van der Waals surface area contributed by atoms with Crippen LogP contribution in [0.2, 0.25) is 0 Å². The Kier molecular flexibility index (Phi) is 4.21. The molecule has 1 aliphatic carbocycles. The van der Waals surface area contributed by atoms with Crippen LogP contribution in [0.1, 0.15) is 58.8 Å².